The topological polar surface area (TPSA) is 18.5 Å². The van der Waals surface area contributed by atoms with Gasteiger partial charge in [0.25, 0.3) is 0 Å². The number of rotatable bonds is 11. The first kappa shape index (κ1) is 15.6. The summed E-state index contributed by atoms with van der Waals surface area (Å²) in [5.41, 5.74) is 0. The van der Waals surface area contributed by atoms with Crippen LogP contribution in [0.15, 0.2) is 0 Å². The van der Waals surface area contributed by atoms with Crippen LogP contribution in [0.3, 0.4) is 0 Å². The number of ether oxygens (including phenoxy) is 2. The van der Waals surface area contributed by atoms with Crippen molar-refractivity contribution >= 4 is 21.6 Å². The highest BCUT2D eigenvalue weighted by atomic mass is 33.1. The van der Waals surface area contributed by atoms with Gasteiger partial charge in [-0.15, -0.1) is 0 Å². The van der Waals surface area contributed by atoms with Crippen molar-refractivity contribution in [2.24, 2.45) is 0 Å². The lowest BCUT2D eigenvalue weighted by Gasteiger charge is -2.16. The van der Waals surface area contributed by atoms with E-state index in [0.717, 1.165) is 44.2 Å². The van der Waals surface area contributed by atoms with Crippen LogP contribution in [0.2, 0.25) is 0 Å². The molecule has 0 amide bonds. The van der Waals surface area contributed by atoms with E-state index >= 15 is 0 Å². The van der Waals surface area contributed by atoms with Crippen molar-refractivity contribution in [2.45, 2.75) is 39.7 Å². The summed E-state index contributed by atoms with van der Waals surface area (Å²) >= 11 is 0. The molecule has 15 heavy (non-hydrogen) atoms. The van der Waals surface area contributed by atoms with E-state index in [0.29, 0.717) is 0 Å². The molecule has 0 aliphatic carbocycles. The van der Waals surface area contributed by atoms with Gasteiger partial charge in [-0.3, -0.25) is 0 Å². The van der Waals surface area contributed by atoms with Gasteiger partial charge in [0.2, 0.25) is 0 Å². The minimum atomic E-state index is 0.264. The fourth-order valence-corrected chi connectivity index (χ4v) is 2.85. The Morgan fingerprint density at radius 1 is 1.00 bits per heavy atom. The molecule has 1 atom stereocenters. The number of hydrogen-bond acceptors (Lipinski definition) is 4. The molecule has 4 heteroatoms. The standard InChI is InChI=1S/C11H24O2S2/c1-4-7-12-9-11(13-8-5-2)10-15-14-6-3/h11H,4-10H2,1-3H3. The second-order valence-electron chi connectivity index (χ2n) is 3.26. The van der Waals surface area contributed by atoms with Gasteiger partial charge < -0.3 is 9.47 Å². The summed E-state index contributed by atoms with van der Waals surface area (Å²) in [6.45, 7) is 8.87. The molecule has 0 heterocycles. The predicted octanol–water partition coefficient (Wildman–Crippen LogP) is 3.61. The molecule has 0 radical (unpaired) electrons. The Bertz CT molecular complexity index is 113. The maximum atomic E-state index is 5.73. The Kier molecular flexibility index (Phi) is 13.2. The number of hydrogen-bond donors (Lipinski definition) is 0. The molecule has 0 aromatic rings. The zero-order chi connectivity index (χ0) is 11.4. The first-order chi connectivity index (χ1) is 7.35. The summed E-state index contributed by atoms with van der Waals surface area (Å²) in [6.07, 6.45) is 2.42. The smallest absolute Gasteiger partial charge is 0.0906 e. The normalized spacial score (nSPS) is 13.0. The largest absolute Gasteiger partial charge is 0.379 e. The molecule has 0 spiro atoms. The Balaban J connectivity index is 3.53. The molecule has 0 aliphatic heterocycles. The van der Waals surface area contributed by atoms with Crippen LogP contribution in [0.25, 0.3) is 0 Å². The van der Waals surface area contributed by atoms with Crippen LogP contribution in [0.4, 0.5) is 0 Å². The van der Waals surface area contributed by atoms with E-state index in [4.69, 9.17) is 9.47 Å². The first-order valence-corrected chi connectivity index (χ1v) is 8.27. The molecule has 0 aromatic heterocycles. The fraction of sp³-hybridized carbons (Fsp3) is 1.00. The monoisotopic (exact) mass is 252 g/mol. The maximum absolute atomic E-state index is 5.73. The quantitative estimate of drug-likeness (QED) is 0.413. The van der Waals surface area contributed by atoms with Gasteiger partial charge >= 0.3 is 0 Å². The summed E-state index contributed by atoms with van der Waals surface area (Å²) in [6, 6.07) is 0. The van der Waals surface area contributed by atoms with Gasteiger partial charge in [0.1, 0.15) is 0 Å². The molecule has 0 N–H and O–H groups in total. The third-order valence-corrected chi connectivity index (χ3v) is 4.19. The lowest BCUT2D eigenvalue weighted by atomic mass is 10.4. The summed E-state index contributed by atoms with van der Waals surface area (Å²) < 4.78 is 11.3. The van der Waals surface area contributed by atoms with Gasteiger partial charge in [-0.2, -0.15) is 0 Å². The third kappa shape index (κ3) is 10.9. The first-order valence-electron chi connectivity index (χ1n) is 5.78. The van der Waals surface area contributed by atoms with Gasteiger partial charge in [-0.25, -0.2) is 0 Å². The van der Waals surface area contributed by atoms with Crippen LogP contribution in [0.5, 0.6) is 0 Å². The Morgan fingerprint density at radius 3 is 2.33 bits per heavy atom. The summed E-state index contributed by atoms with van der Waals surface area (Å²) in [4.78, 5) is 0. The highest BCUT2D eigenvalue weighted by Crippen LogP contribution is 2.22. The SMILES string of the molecule is CCCOCC(CSSCC)OCCC. The molecule has 0 saturated heterocycles. The van der Waals surface area contributed by atoms with Crippen LogP contribution >= 0.6 is 21.6 Å². The minimum absolute atomic E-state index is 0.264. The van der Waals surface area contributed by atoms with E-state index in [2.05, 4.69) is 20.8 Å². The maximum Gasteiger partial charge on any atom is 0.0906 e. The molecule has 92 valence electrons. The van der Waals surface area contributed by atoms with Crippen LogP contribution in [-0.4, -0.2) is 37.4 Å². The van der Waals surface area contributed by atoms with E-state index in [9.17, 15) is 0 Å². The van der Waals surface area contributed by atoms with Crippen molar-refractivity contribution in [2.75, 3.05) is 31.3 Å². The summed E-state index contributed by atoms with van der Waals surface area (Å²) in [5, 5.41) is 0. The lowest BCUT2D eigenvalue weighted by Crippen LogP contribution is -2.23. The van der Waals surface area contributed by atoms with Gasteiger partial charge in [0, 0.05) is 24.7 Å². The zero-order valence-electron chi connectivity index (χ0n) is 10.2. The molecule has 0 fully saturated rings. The Hall–Kier alpha value is 0.620. The molecule has 0 aliphatic rings. The highest BCUT2D eigenvalue weighted by molar-refractivity contribution is 8.76. The van der Waals surface area contributed by atoms with Crippen molar-refractivity contribution in [3.63, 3.8) is 0 Å². The van der Waals surface area contributed by atoms with Gasteiger partial charge in [0.05, 0.1) is 12.7 Å². The molecule has 0 bridgehead atoms. The van der Waals surface area contributed by atoms with E-state index < -0.39 is 0 Å². The highest BCUT2D eigenvalue weighted by Gasteiger charge is 2.09. The molecule has 2 nitrogen and oxygen atoms in total. The van der Waals surface area contributed by atoms with Crippen LogP contribution in [0.1, 0.15) is 33.6 Å². The molecule has 0 rings (SSSR count). The third-order valence-electron chi connectivity index (χ3n) is 1.67. The van der Waals surface area contributed by atoms with Crippen molar-refractivity contribution in [3.05, 3.63) is 0 Å². The Labute approximate surface area is 102 Å². The van der Waals surface area contributed by atoms with Crippen molar-refractivity contribution in [1.29, 1.82) is 0 Å². The zero-order valence-corrected chi connectivity index (χ0v) is 11.8. The minimum Gasteiger partial charge on any atom is -0.379 e. The molecule has 0 aromatic carbocycles. The lowest BCUT2D eigenvalue weighted by molar-refractivity contribution is -0.00348. The fourth-order valence-electron chi connectivity index (χ4n) is 0.995. The van der Waals surface area contributed by atoms with Crippen molar-refractivity contribution in [3.8, 4) is 0 Å². The van der Waals surface area contributed by atoms with Gasteiger partial charge in [0.15, 0.2) is 0 Å². The summed E-state index contributed by atoms with van der Waals surface area (Å²) in [5.74, 6) is 2.18. The van der Waals surface area contributed by atoms with Crippen LogP contribution in [0, 0.1) is 0 Å². The molecular weight excluding hydrogens is 228 g/mol. The average molecular weight is 252 g/mol. The molecule has 0 saturated carbocycles. The van der Waals surface area contributed by atoms with E-state index in [1.54, 1.807) is 0 Å². The second kappa shape index (κ2) is 12.7. The van der Waals surface area contributed by atoms with Crippen LogP contribution in [-0.2, 0) is 9.47 Å². The predicted molar refractivity (Wildman–Crippen MR) is 71.7 cm³/mol. The average Bonchev–Trinajstić information content (AvgIpc) is 2.25. The van der Waals surface area contributed by atoms with E-state index in [-0.39, 0.29) is 6.10 Å². The van der Waals surface area contributed by atoms with E-state index in [1.807, 2.05) is 21.6 Å². The second-order valence-corrected chi connectivity index (χ2v) is 6.06. The van der Waals surface area contributed by atoms with Gasteiger partial charge in [-0.1, -0.05) is 42.4 Å². The molecule has 1 unspecified atom stereocenters. The van der Waals surface area contributed by atoms with Crippen LogP contribution < -0.4 is 0 Å². The molecular formula is C11H24O2S2. The van der Waals surface area contributed by atoms with Gasteiger partial charge in [-0.05, 0) is 12.8 Å². The summed E-state index contributed by atoms with van der Waals surface area (Å²) in [7, 11) is 3.77. The van der Waals surface area contributed by atoms with Crippen molar-refractivity contribution in [1.82, 2.24) is 0 Å². The Morgan fingerprint density at radius 2 is 1.73 bits per heavy atom. The van der Waals surface area contributed by atoms with E-state index in [1.165, 1.54) is 0 Å². The van der Waals surface area contributed by atoms with Crippen molar-refractivity contribution < 1.29 is 9.47 Å².